The van der Waals surface area contributed by atoms with Gasteiger partial charge >= 0.3 is 0 Å². The minimum atomic E-state index is -0.269. The number of carbonyl (C=O) groups excluding carboxylic acids is 2. The molecule has 0 fully saturated rings. The van der Waals surface area contributed by atoms with E-state index in [1.807, 2.05) is 70.2 Å². The fourth-order valence-electron chi connectivity index (χ4n) is 3.25. The van der Waals surface area contributed by atoms with Gasteiger partial charge in [-0.3, -0.25) is 9.59 Å². The number of nitrogens with one attached hydrogen (secondary N) is 1. The Morgan fingerprint density at radius 2 is 1.80 bits per heavy atom. The Morgan fingerprint density at radius 3 is 2.53 bits per heavy atom. The van der Waals surface area contributed by atoms with Crippen molar-refractivity contribution in [3.63, 3.8) is 0 Å². The summed E-state index contributed by atoms with van der Waals surface area (Å²) in [6.45, 7) is 8.18. The number of oxazole rings is 1. The molecule has 30 heavy (non-hydrogen) atoms. The molecule has 0 aliphatic rings. The Balaban J connectivity index is 1.85. The Labute approximate surface area is 177 Å². The first-order valence-electron chi connectivity index (χ1n) is 10.5. The summed E-state index contributed by atoms with van der Waals surface area (Å²) in [4.78, 5) is 31.8. The van der Waals surface area contributed by atoms with Crippen LogP contribution in [0.4, 0.5) is 0 Å². The summed E-state index contributed by atoms with van der Waals surface area (Å²) in [6, 6.07) is 13.6. The maximum Gasteiger partial charge on any atom is 0.273 e. The average Bonchev–Trinajstić information content (AvgIpc) is 3.25. The monoisotopic (exact) mass is 407 g/mol. The first-order chi connectivity index (χ1) is 14.4. The Bertz CT molecular complexity index is 1020. The SMILES string of the molecule is CCC(C)NC(=O)c1coc(CN(C(=O)c2cccc3ccccc23)C(C)CC)n1. The molecule has 158 valence electrons. The normalized spacial score (nSPS) is 13.1. The van der Waals surface area contributed by atoms with Crippen molar-refractivity contribution < 1.29 is 14.0 Å². The van der Waals surface area contributed by atoms with Crippen LogP contribution in [0.25, 0.3) is 10.8 Å². The molecule has 2 amide bonds. The second-order valence-electron chi connectivity index (χ2n) is 7.63. The molecule has 1 heterocycles. The largest absolute Gasteiger partial charge is 0.446 e. The molecular weight excluding hydrogens is 378 g/mol. The third-order valence-electron chi connectivity index (χ3n) is 5.48. The van der Waals surface area contributed by atoms with Crippen LogP contribution in [0.15, 0.2) is 53.1 Å². The molecule has 1 N–H and O–H groups in total. The van der Waals surface area contributed by atoms with Gasteiger partial charge in [-0.2, -0.15) is 0 Å². The van der Waals surface area contributed by atoms with Gasteiger partial charge in [0, 0.05) is 17.6 Å². The van der Waals surface area contributed by atoms with Gasteiger partial charge < -0.3 is 14.6 Å². The van der Waals surface area contributed by atoms with E-state index in [-0.39, 0.29) is 36.1 Å². The van der Waals surface area contributed by atoms with Crippen molar-refractivity contribution >= 4 is 22.6 Å². The summed E-state index contributed by atoms with van der Waals surface area (Å²) < 4.78 is 5.53. The maximum atomic E-state index is 13.5. The molecule has 2 aromatic carbocycles. The third kappa shape index (κ3) is 4.70. The Kier molecular flexibility index (Phi) is 6.87. The summed E-state index contributed by atoms with van der Waals surface area (Å²) in [5.41, 5.74) is 0.877. The highest BCUT2D eigenvalue weighted by atomic mass is 16.3. The highest BCUT2D eigenvalue weighted by molar-refractivity contribution is 6.07. The Morgan fingerprint density at radius 1 is 1.07 bits per heavy atom. The zero-order chi connectivity index (χ0) is 21.7. The zero-order valence-electron chi connectivity index (χ0n) is 18.0. The second-order valence-corrected chi connectivity index (χ2v) is 7.63. The minimum absolute atomic E-state index is 0.0132. The molecular formula is C24H29N3O3. The van der Waals surface area contributed by atoms with Crippen LogP contribution < -0.4 is 5.32 Å². The molecule has 0 saturated carbocycles. The number of fused-ring (bicyclic) bond motifs is 1. The van der Waals surface area contributed by atoms with E-state index in [9.17, 15) is 9.59 Å². The number of hydrogen-bond acceptors (Lipinski definition) is 4. The number of nitrogens with zero attached hydrogens (tertiary/aromatic N) is 2. The van der Waals surface area contributed by atoms with E-state index < -0.39 is 0 Å². The van der Waals surface area contributed by atoms with Crippen LogP contribution >= 0.6 is 0 Å². The lowest BCUT2D eigenvalue weighted by Crippen LogP contribution is -2.38. The summed E-state index contributed by atoms with van der Waals surface area (Å²) in [5.74, 6) is -0.00188. The first-order valence-corrected chi connectivity index (χ1v) is 10.5. The molecule has 0 radical (unpaired) electrons. The number of aromatic nitrogens is 1. The molecule has 0 saturated heterocycles. The summed E-state index contributed by atoms with van der Waals surface area (Å²) >= 11 is 0. The van der Waals surface area contributed by atoms with Crippen molar-refractivity contribution in [3.8, 4) is 0 Å². The van der Waals surface area contributed by atoms with Crippen molar-refractivity contribution in [1.82, 2.24) is 15.2 Å². The first kappa shape index (κ1) is 21.6. The van der Waals surface area contributed by atoms with Crippen LogP contribution in [0.3, 0.4) is 0 Å². The minimum Gasteiger partial charge on any atom is -0.446 e. The van der Waals surface area contributed by atoms with Crippen molar-refractivity contribution in [3.05, 3.63) is 65.9 Å². The molecule has 1 aromatic heterocycles. The van der Waals surface area contributed by atoms with Crippen LogP contribution in [0, 0.1) is 0 Å². The van der Waals surface area contributed by atoms with E-state index in [4.69, 9.17) is 4.42 Å². The summed E-state index contributed by atoms with van der Waals surface area (Å²) in [5, 5.41) is 4.81. The number of hydrogen-bond donors (Lipinski definition) is 1. The molecule has 3 aromatic rings. The molecule has 2 atom stereocenters. The van der Waals surface area contributed by atoms with E-state index in [2.05, 4.69) is 10.3 Å². The van der Waals surface area contributed by atoms with E-state index in [1.165, 1.54) is 6.26 Å². The highest BCUT2D eigenvalue weighted by Gasteiger charge is 2.25. The van der Waals surface area contributed by atoms with E-state index in [1.54, 1.807) is 4.90 Å². The van der Waals surface area contributed by atoms with E-state index in [0.29, 0.717) is 11.5 Å². The van der Waals surface area contributed by atoms with Gasteiger partial charge in [0.25, 0.3) is 11.8 Å². The average molecular weight is 408 g/mol. The number of rotatable bonds is 8. The fraction of sp³-hybridized carbons (Fsp3) is 0.375. The summed E-state index contributed by atoms with van der Waals surface area (Å²) in [7, 11) is 0. The maximum absolute atomic E-state index is 13.5. The third-order valence-corrected chi connectivity index (χ3v) is 5.48. The van der Waals surface area contributed by atoms with Crippen molar-refractivity contribution in [1.29, 1.82) is 0 Å². The van der Waals surface area contributed by atoms with Gasteiger partial charge in [-0.05, 0) is 43.5 Å². The molecule has 0 aliphatic carbocycles. The van der Waals surface area contributed by atoms with Crippen LogP contribution in [-0.4, -0.2) is 33.8 Å². The van der Waals surface area contributed by atoms with Crippen LogP contribution in [0.1, 0.15) is 67.3 Å². The van der Waals surface area contributed by atoms with Gasteiger partial charge in [0.2, 0.25) is 5.89 Å². The smallest absolute Gasteiger partial charge is 0.273 e. The number of carbonyl (C=O) groups is 2. The lowest BCUT2D eigenvalue weighted by Gasteiger charge is -2.28. The lowest BCUT2D eigenvalue weighted by atomic mass is 10.0. The van der Waals surface area contributed by atoms with E-state index >= 15 is 0 Å². The van der Waals surface area contributed by atoms with Gasteiger partial charge in [-0.1, -0.05) is 50.2 Å². The molecule has 3 rings (SSSR count). The van der Waals surface area contributed by atoms with Gasteiger partial charge in [0.15, 0.2) is 5.69 Å². The fourth-order valence-corrected chi connectivity index (χ4v) is 3.25. The van der Waals surface area contributed by atoms with Crippen molar-refractivity contribution in [2.24, 2.45) is 0 Å². The zero-order valence-corrected chi connectivity index (χ0v) is 18.0. The molecule has 2 unspecified atom stereocenters. The molecule has 0 spiro atoms. The molecule has 6 heteroatoms. The van der Waals surface area contributed by atoms with Crippen LogP contribution in [0.2, 0.25) is 0 Å². The molecule has 6 nitrogen and oxygen atoms in total. The van der Waals surface area contributed by atoms with Gasteiger partial charge in [0.1, 0.15) is 6.26 Å². The Hall–Kier alpha value is -3.15. The summed E-state index contributed by atoms with van der Waals surface area (Å²) in [6.07, 6.45) is 2.97. The standard InChI is InChI=1S/C24H29N3O3/c1-5-16(3)25-23(28)21-15-30-22(26-21)14-27(17(4)6-2)24(29)20-13-9-11-18-10-7-8-12-19(18)20/h7-13,15-17H,5-6,14H2,1-4H3,(H,25,28). The number of amides is 2. The van der Waals surface area contributed by atoms with E-state index in [0.717, 1.165) is 23.6 Å². The second kappa shape index (κ2) is 9.57. The number of benzene rings is 2. The van der Waals surface area contributed by atoms with Gasteiger partial charge in [0.05, 0.1) is 6.54 Å². The molecule has 0 bridgehead atoms. The predicted octanol–water partition coefficient (Wildman–Crippen LogP) is 4.80. The van der Waals surface area contributed by atoms with Crippen molar-refractivity contribution in [2.45, 2.75) is 59.2 Å². The van der Waals surface area contributed by atoms with Crippen LogP contribution in [-0.2, 0) is 6.54 Å². The predicted molar refractivity (Wildman–Crippen MR) is 117 cm³/mol. The van der Waals surface area contributed by atoms with Gasteiger partial charge in [-0.15, -0.1) is 0 Å². The lowest BCUT2D eigenvalue weighted by molar-refractivity contribution is 0.0654. The topological polar surface area (TPSA) is 75.4 Å². The van der Waals surface area contributed by atoms with Crippen LogP contribution in [0.5, 0.6) is 0 Å². The highest BCUT2D eigenvalue weighted by Crippen LogP contribution is 2.22. The molecule has 0 aliphatic heterocycles. The van der Waals surface area contributed by atoms with Gasteiger partial charge in [-0.25, -0.2) is 4.98 Å². The quantitative estimate of drug-likeness (QED) is 0.582. The van der Waals surface area contributed by atoms with Crippen molar-refractivity contribution in [2.75, 3.05) is 0 Å².